The third-order valence-electron chi connectivity index (χ3n) is 3.59. The molecule has 3 rings (SSSR count). The normalized spacial score (nSPS) is 13.1. The lowest BCUT2D eigenvalue weighted by atomic mass is 9.99. The lowest BCUT2D eigenvalue weighted by Crippen LogP contribution is -2.05. The first-order chi connectivity index (χ1) is 9.78. The summed E-state index contributed by atoms with van der Waals surface area (Å²) >= 11 is 0. The van der Waals surface area contributed by atoms with Crippen molar-refractivity contribution in [2.75, 3.05) is 7.11 Å². The summed E-state index contributed by atoms with van der Waals surface area (Å²) in [6.45, 7) is 1.25. The number of para-hydroxylation sites is 1. The van der Waals surface area contributed by atoms with Gasteiger partial charge in [-0.2, -0.15) is 0 Å². The largest absolute Gasteiger partial charge is 0.496 e. The lowest BCUT2D eigenvalue weighted by Gasteiger charge is -2.08. The molecule has 0 aromatic heterocycles. The third kappa shape index (κ3) is 2.45. The van der Waals surface area contributed by atoms with Gasteiger partial charge in [-0.25, -0.2) is 0 Å². The average molecular weight is 268 g/mol. The molecule has 0 spiro atoms. The molecule has 0 atom stereocenters. The molecule has 2 aromatic rings. The van der Waals surface area contributed by atoms with Gasteiger partial charge in [0.25, 0.3) is 0 Å². The van der Waals surface area contributed by atoms with Crippen LogP contribution in [0.3, 0.4) is 0 Å². The van der Waals surface area contributed by atoms with E-state index in [4.69, 9.17) is 9.47 Å². The monoisotopic (exact) mass is 268 g/mol. The number of rotatable bonds is 4. The van der Waals surface area contributed by atoms with Crippen LogP contribution in [-0.4, -0.2) is 12.9 Å². The van der Waals surface area contributed by atoms with Gasteiger partial charge in [-0.3, -0.25) is 4.79 Å². The highest BCUT2D eigenvalue weighted by Crippen LogP contribution is 2.23. The topological polar surface area (TPSA) is 35.5 Å². The molecule has 3 heteroatoms. The van der Waals surface area contributed by atoms with Crippen molar-refractivity contribution in [1.82, 2.24) is 0 Å². The summed E-state index contributed by atoms with van der Waals surface area (Å²) in [5, 5.41) is 0. The number of carbonyl (C=O) groups is 1. The van der Waals surface area contributed by atoms with Crippen LogP contribution < -0.4 is 4.74 Å². The molecule has 20 heavy (non-hydrogen) atoms. The van der Waals surface area contributed by atoms with E-state index in [1.54, 1.807) is 7.11 Å². The van der Waals surface area contributed by atoms with Crippen molar-refractivity contribution in [3.8, 4) is 5.75 Å². The minimum Gasteiger partial charge on any atom is -0.496 e. The molecule has 0 bridgehead atoms. The SMILES string of the molecule is COc1ccccc1CC(=O)c1ccc2c(c1)COC2. The highest BCUT2D eigenvalue weighted by Gasteiger charge is 2.15. The fourth-order valence-electron chi connectivity index (χ4n) is 2.47. The first-order valence-electron chi connectivity index (χ1n) is 6.62. The van der Waals surface area contributed by atoms with Crippen LogP contribution in [0, 0.1) is 0 Å². The van der Waals surface area contributed by atoms with Crippen LogP contribution >= 0.6 is 0 Å². The van der Waals surface area contributed by atoms with E-state index in [1.165, 1.54) is 5.56 Å². The van der Waals surface area contributed by atoms with Crippen molar-refractivity contribution < 1.29 is 14.3 Å². The van der Waals surface area contributed by atoms with Gasteiger partial charge in [-0.1, -0.05) is 30.3 Å². The van der Waals surface area contributed by atoms with E-state index in [0.29, 0.717) is 19.6 Å². The predicted octanol–water partition coefficient (Wildman–Crippen LogP) is 3.15. The van der Waals surface area contributed by atoms with Gasteiger partial charge in [-0.15, -0.1) is 0 Å². The van der Waals surface area contributed by atoms with Gasteiger partial charge < -0.3 is 9.47 Å². The van der Waals surface area contributed by atoms with E-state index in [1.807, 2.05) is 42.5 Å². The Balaban J connectivity index is 1.83. The van der Waals surface area contributed by atoms with Gasteiger partial charge in [0.1, 0.15) is 5.75 Å². The van der Waals surface area contributed by atoms with Crippen LogP contribution in [0.25, 0.3) is 0 Å². The summed E-state index contributed by atoms with van der Waals surface area (Å²) in [7, 11) is 1.62. The van der Waals surface area contributed by atoms with Crippen molar-refractivity contribution in [2.24, 2.45) is 0 Å². The number of methoxy groups -OCH3 is 1. The Morgan fingerprint density at radius 2 is 1.95 bits per heavy atom. The number of Topliss-reactive ketones (excluding diaryl/α,β-unsaturated/α-hetero) is 1. The highest BCUT2D eigenvalue weighted by atomic mass is 16.5. The number of carbonyl (C=O) groups excluding carboxylic acids is 1. The first-order valence-corrected chi connectivity index (χ1v) is 6.62. The molecule has 0 N–H and O–H groups in total. The van der Waals surface area contributed by atoms with Gasteiger partial charge in [-0.05, 0) is 23.3 Å². The molecule has 0 radical (unpaired) electrons. The Morgan fingerprint density at radius 1 is 1.15 bits per heavy atom. The molecule has 3 nitrogen and oxygen atoms in total. The summed E-state index contributed by atoms with van der Waals surface area (Å²) in [6, 6.07) is 13.4. The molecule has 102 valence electrons. The molecule has 0 fully saturated rings. The van der Waals surface area contributed by atoms with Crippen LogP contribution in [0.15, 0.2) is 42.5 Å². The average Bonchev–Trinajstić information content (AvgIpc) is 2.95. The second-order valence-corrected chi connectivity index (χ2v) is 4.89. The standard InChI is InChI=1S/C17H16O3/c1-19-17-5-3-2-4-13(17)9-16(18)12-6-7-14-10-20-11-15(14)8-12/h2-8H,9-11H2,1H3. The van der Waals surface area contributed by atoms with E-state index in [0.717, 1.165) is 22.4 Å². The summed E-state index contributed by atoms with van der Waals surface area (Å²) in [5.74, 6) is 0.856. The summed E-state index contributed by atoms with van der Waals surface area (Å²) in [6.07, 6.45) is 0.351. The minimum absolute atomic E-state index is 0.101. The maximum Gasteiger partial charge on any atom is 0.167 e. The molecule has 1 aliphatic heterocycles. The number of hydrogen-bond donors (Lipinski definition) is 0. The zero-order chi connectivity index (χ0) is 13.9. The van der Waals surface area contributed by atoms with Gasteiger partial charge in [0.05, 0.1) is 20.3 Å². The number of benzene rings is 2. The van der Waals surface area contributed by atoms with Crippen LogP contribution in [0.2, 0.25) is 0 Å². The van der Waals surface area contributed by atoms with E-state index in [9.17, 15) is 4.79 Å². The van der Waals surface area contributed by atoms with Crippen molar-refractivity contribution in [2.45, 2.75) is 19.6 Å². The Morgan fingerprint density at radius 3 is 2.80 bits per heavy atom. The van der Waals surface area contributed by atoms with E-state index < -0.39 is 0 Å². The van der Waals surface area contributed by atoms with Crippen molar-refractivity contribution in [3.63, 3.8) is 0 Å². The first kappa shape index (κ1) is 12.9. The Hall–Kier alpha value is -2.13. The number of fused-ring (bicyclic) bond motifs is 1. The third-order valence-corrected chi connectivity index (χ3v) is 3.59. The quantitative estimate of drug-likeness (QED) is 0.799. The van der Waals surface area contributed by atoms with Crippen molar-refractivity contribution in [3.05, 3.63) is 64.7 Å². The molecule has 1 heterocycles. The zero-order valence-corrected chi connectivity index (χ0v) is 11.4. The maximum atomic E-state index is 12.4. The molecule has 1 aliphatic rings. The Bertz CT molecular complexity index is 646. The minimum atomic E-state index is 0.101. The predicted molar refractivity (Wildman–Crippen MR) is 76.0 cm³/mol. The molecular weight excluding hydrogens is 252 g/mol. The van der Waals surface area contributed by atoms with Crippen molar-refractivity contribution >= 4 is 5.78 Å². The van der Waals surface area contributed by atoms with E-state index in [2.05, 4.69) is 0 Å². The van der Waals surface area contributed by atoms with Gasteiger partial charge in [0.2, 0.25) is 0 Å². The summed E-state index contributed by atoms with van der Waals surface area (Å²) in [4.78, 5) is 12.4. The number of hydrogen-bond acceptors (Lipinski definition) is 3. The molecule has 0 aliphatic carbocycles. The van der Waals surface area contributed by atoms with Gasteiger partial charge >= 0.3 is 0 Å². The van der Waals surface area contributed by atoms with Crippen molar-refractivity contribution in [1.29, 1.82) is 0 Å². The Labute approximate surface area is 118 Å². The van der Waals surface area contributed by atoms with Crippen LogP contribution in [0.1, 0.15) is 27.0 Å². The van der Waals surface area contributed by atoms with Crippen LogP contribution in [-0.2, 0) is 24.4 Å². The summed E-state index contributed by atoms with van der Waals surface area (Å²) in [5.41, 5.74) is 3.95. The number of ether oxygens (including phenoxy) is 2. The Kier molecular flexibility index (Phi) is 3.52. The lowest BCUT2D eigenvalue weighted by molar-refractivity contribution is 0.0992. The maximum absolute atomic E-state index is 12.4. The van der Waals surface area contributed by atoms with E-state index >= 15 is 0 Å². The molecule has 0 saturated heterocycles. The number of ketones is 1. The smallest absolute Gasteiger partial charge is 0.167 e. The molecule has 0 unspecified atom stereocenters. The van der Waals surface area contributed by atoms with Gasteiger partial charge in [0.15, 0.2) is 5.78 Å². The molecule has 2 aromatic carbocycles. The van der Waals surface area contributed by atoms with Crippen LogP contribution in [0.4, 0.5) is 0 Å². The molecule has 0 amide bonds. The molecular formula is C17H16O3. The van der Waals surface area contributed by atoms with Crippen LogP contribution in [0.5, 0.6) is 5.75 Å². The zero-order valence-electron chi connectivity index (χ0n) is 11.4. The second kappa shape index (κ2) is 5.47. The summed E-state index contributed by atoms with van der Waals surface area (Å²) < 4.78 is 10.7. The van der Waals surface area contributed by atoms with Gasteiger partial charge in [0, 0.05) is 17.5 Å². The molecule has 0 saturated carbocycles. The second-order valence-electron chi connectivity index (χ2n) is 4.89. The van der Waals surface area contributed by atoms with E-state index in [-0.39, 0.29) is 5.78 Å². The fraction of sp³-hybridized carbons (Fsp3) is 0.235. The fourth-order valence-corrected chi connectivity index (χ4v) is 2.47. The highest BCUT2D eigenvalue weighted by molar-refractivity contribution is 5.98.